The van der Waals surface area contributed by atoms with Gasteiger partial charge in [-0.15, -0.1) is 0 Å². The fourth-order valence-electron chi connectivity index (χ4n) is 5.71. The van der Waals surface area contributed by atoms with E-state index in [1.165, 1.54) is 24.0 Å². The van der Waals surface area contributed by atoms with Gasteiger partial charge >= 0.3 is 0 Å². The molecule has 1 N–H and O–H groups in total. The highest BCUT2D eigenvalue weighted by molar-refractivity contribution is 5.36. The second kappa shape index (κ2) is 10.5. The molecule has 0 aromatic heterocycles. The van der Waals surface area contributed by atoms with Gasteiger partial charge in [0.2, 0.25) is 0 Å². The third-order valence-electron chi connectivity index (χ3n) is 7.44. The van der Waals surface area contributed by atoms with Crippen LogP contribution in [0.5, 0.6) is 5.75 Å². The molecule has 0 amide bonds. The van der Waals surface area contributed by atoms with Crippen LogP contribution in [0.15, 0.2) is 84.9 Å². The molecule has 1 heterocycles. The predicted molar refractivity (Wildman–Crippen MR) is 135 cm³/mol. The number of methoxy groups -OCH3 is 1. The van der Waals surface area contributed by atoms with Crippen LogP contribution < -0.4 is 4.74 Å². The molecule has 0 bridgehead atoms. The standard InChI is InChI=1S/C30H37NO2/c1-4-5-8-20-27-29(24-16-11-7-12-17-24)31(2)28(23-14-9-6-10-15-23)22-30(27,32)25-18-13-19-26(21-25)33-3/h6-7,9-19,21,27-29,32H,4-5,8,20,22H2,1-3H3/t27-,28-,29+,30-/m1/s1. The topological polar surface area (TPSA) is 32.7 Å². The molecule has 0 aliphatic carbocycles. The van der Waals surface area contributed by atoms with Crippen LogP contribution in [0.1, 0.15) is 67.8 Å². The second-order valence-electron chi connectivity index (χ2n) is 9.41. The third kappa shape index (κ3) is 4.85. The molecule has 3 aromatic rings. The van der Waals surface area contributed by atoms with Gasteiger partial charge in [0.1, 0.15) is 5.75 Å². The minimum absolute atomic E-state index is 0.0727. The van der Waals surface area contributed by atoms with Gasteiger partial charge in [0.25, 0.3) is 0 Å². The Bertz CT molecular complexity index is 1010. The van der Waals surface area contributed by atoms with Crippen molar-refractivity contribution >= 4 is 0 Å². The predicted octanol–water partition coefficient (Wildman–Crippen LogP) is 6.90. The Morgan fingerprint density at radius 1 is 0.909 bits per heavy atom. The molecule has 3 nitrogen and oxygen atoms in total. The van der Waals surface area contributed by atoms with Crippen LogP contribution in [0.2, 0.25) is 0 Å². The Labute approximate surface area is 199 Å². The summed E-state index contributed by atoms with van der Waals surface area (Å²) in [6.07, 6.45) is 5.09. The van der Waals surface area contributed by atoms with Gasteiger partial charge in [-0.05, 0) is 42.3 Å². The summed E-state index contributed by atoms with van der Waals surface area (Å²) < 4.78 is 5.55. The number of benzene rings is 3. The first-order valence-corrected chi connectivity index (χ1v) is 12.3. The van der Waals surface area contributed by atoms with Crippen molar-refractivity contribution in [3.63, 3.8) is 0 Å². The number of hydrogen-bond acceptors (Lipinski definition) is 3. The number of ether oxygens (including phenoxy) is 1. The van der Waals surface area contributed by atoms with E-state index in [9.17, 15) is 5.11 Å². The lowest BCUT2D eigenvalue weighted by molar-refractivity contribution is -0.130. The molecule has 4 atom stereocenters. The van der Waals surface area contributed by atoms with Crippen molar-refractivity contribution in [1.29, 1.82) is 0 Å². The number of aliphatic hydroxyl groups is 1. The van der Waals surface area contributed by atoms with Gasteiger partial charge in [-0.1, -0.05) is 99.0 Å². The first-order chi connectivity index (χ1) is 16.1. The summed E-state index contributed by atoms with van der Waals surface area (Å²) in [7, 11) is 3.92. The lowest BCUT2D eigenvalue weighted by atomic mass is 9.65. The SMILES string of the molecule is CCCCC[C@@H]1[C@H](c2ccccc2)N(C)[C@@H](c2ccccc2)C[C@@]1(O)c1cccc(OC)c1. The van der Waals surface area contributed by atoms with E-state index >= 15 is 0 Å². The smallest absolute Gasteiger partial charge is 0.119 e. The molecule has 1 fully saturated rings. The fourth-order valence-corrected chi connectivity index (χ4v) is 5.71. The number of likely N-dealkylation sites (tertiary alicyclic amines) is 1. The molecule has 1 aliphatic heterocycles. The van der Waals surface area contributed by atoms with Crippen molar-refractivity contribution in [2.24, 2.45) is 5.92 Å². The molecular formula is C30H37NO2. The van der Waals surface area contributed by atoms with Crippen molar-refractivity contribution in [2.75, 3.05) is 14.2 Å². The highest BCUT2D eigenvalue weighted by Gasteiger charge is 2.51. The highest BCUT2D eigenvalue weighted by atomic mass is 16.5. The maximum absolute atomic E-state index is 12.6. The summed E-state index contributed by atoms with van der Waals surface area (Å²) in [5.74, 6) is 0.864. The Balaban J connectivity index is 1.86. The van der Waals surface area contributed by atoms with E-state index in [1.54, 1.807) is 7.11 Å². The number of nitrogens with zero attached hydrogens (tertiary/aromatic N) is 1. The van der Waals surface area contributed by atoms with Gasteiger partial charge in [-0.25, -0.2) is 0 Å². The van der Waals surface area contributed by atoms with Gasteiger partial charge in [0.15, 0.2) is 0 Å². The molecule has 1 aliphatic rings. The van der Waals surface area contributed by atoms with E-state index in [4.69, 9.17) is 4.74 Å². The van der Waals surface area contributed by atoms with Gasteiger partial charge in [0.05, 0.1) is 12.7 Å². The maximum Gasteiger partial charge on any atom is 0.119 e. The van der Waals surface area contributed by atoms with Crippen molar-refractivity contribution in [3.05, 3.63) is 102 Å². The molecule has 3 aromatic carbocycles. The number of rotatable bonds is 8. The zero-order valence-electron chi connectivity index (χ0n) is 20.2. The van der Waals surface area contributed by atoms with Crippen LogP contribution in [0.3, 0.4) is 0 Å². The minimum atomic E-state index is -0.962. The average molecular weight is 444 g/mol. The summed E-state index contributed by atoms with van der Waals surface area (Å²) in [4.78, 5) is 2.50. The molecule has 174 valence electrons. The van der Waals surface area contributed by atoms with E-state index in [0.717, 1.165) is 24.2 Å². The van der Waals surface area contributed by atoms with Gasteiger partial charge in [-0.2, -0.15) is 0 Å². The average Bonchev–Trinajstić information content (AvgIpc) is 2.87. The normalized spacial score (nSPS) is 25.6. The van der Waals surface area contributed by atoms with Crippen LogP contribution >= 0.6 is 0 Å². The lowest BCUT2D eigenvalue weighted by Gasteiger charge is -2.54. The molecule has 3 heteroatoms. The van der Waals surface area contributed by atoms with E-state index in [2.05, 4.69) is 85.6 Å². The first kappa shape index (κ1) is 23.5. The van der Waals surface area contributed by atoms with E-state index < -0.39 is 5.60 Å². The number of unbranched alkanes of at least 4 members (excludes halogenated alkanes) is 2. The fraction of sp³-hybridized carbons (Fsp3) is 0.400. The Morgan fingerprint density at radius 3 is 2.21 bits per heavy atom. The zero-order chi connectivity index (χ0) is 23.3. The summed E-state index contributed by atoms with van der Waals surface area (Å²) in [6.45, 7) is 2.24. The second-order valence-corrected chi connectivity index (χ2v) is 9.41. The Morgan fingerprint density at radius 2 is 1.58 bits per heavy atom. The quantitative estimate of drug-likeness (QED) is 0.385. The highest BCUT2D eigenvalue weighted by Crippen LogP contribution is 2.55. The van der Waals surface area contributed by atoms with E-state index in [0.29, 0.717) is 6.42 Å². The number of piperidine rings is 1. The van der Waals surface area contributed by atoms with Crippen LogP contribution in [0.4, 0.5) is 0 Å². The summed E-state index contributed by atoms with van der Waals surface area (Å²) >= 11 is 0. The largest absolute Gasteiger partial charge is 0.497 e. The summed E-state index contributed by atoms with van der Waals surface area (Å²) in [5, 5.41) is 12.6. The van der Waals surface area contributed by atoms with Crippen molar-refractivity contribution in [2.45, 2.75) is 56.7 Å². The van der Waals surface area contributed by atoms with E-state index in [1.807, 2.05) is 18.2 Å². The van der Waals surface area contributed by atoms with Crippen molar-refractivity contribution in [1.82, 2.24) is 4.90 Å². The van der Waals surface area contributed by atoms with Crippen LogP contribution in [-0.4, -0.2) is 24.2 Å². The van der Waals surface area contributed by atoms with Crippen molar-refractivity contribution in [3.8, 4) is 5.75 Å². The zero-order valence-corrected chi connectivity index (χ0v) is 20.2. The third-order valence-corrected chi connectivity index (χ3v) is 7.44. The molecule has 0 unspecified atom stereocenters. The molecule has 0 spiro atoms. The minimum Gasteiger partial charge on any atom is -0.497 e. The Kier molecular flexibility index (Phi) is 7.52. The summed E-state index contributed by atoms with van der Waals surface area (Å²) in [5.41, 5.74) is 2.51. The molecule has 0 saturated carbocycles. The Hall–Kier alpha value is -2.62. The van der Waals surface area contributed by atoms with Crippen LogP contribution in [0, 0.1) is 5.92 Å². The van der Waals surface area contributed by atoms with Gasteiger partial charge in [0, 0.05) is 24.4 Å². The van der Waals surface area contributed by atoms with Crippen molar-refractivity contribution < 1.29 is 9.84 Å². The van der Waals surface area contributed by atoms with E-state index in [-0.39, 0.29) is 18.0 Å². The maximum atomic E-state index is 12.6. The summed E-state index contributed by atoms with van der Waals surface area (Å²) in [6, 6.07) is 29.6. The number of hydrogen-bond donors (Lipinski definition) is 1. The molecular weight excluding hydrogens is 406 g/mol. The molecule has 4 rings (SSSR count). The monoisotopic (exact) mass is 443 g/mol. The molecule has 0 radical (unpaired) electrons. The molecule has 1 saturated heterocycles. The molecule has 33 heavy (non-hydrogen) atoms. The van der Waals surface area contributed by atoms with Gasteiger partial charge < -0.3 is 9.84 Å². The van der Waals surface area contributed by atoms with Crippen LogP contribution in [-0.2, 0) is 5.60 Å². The van der Waals surface area contributed by atoms with Gasteiger partial charge in [-0.3, -0.25) is 4.90 Å². The first-order valence-electron chi connectivity index (χ1n) is 12.3. The lowest BCUT2D eigenvalue weighted by Crippen LogP contribution is -2.52. The van der Waals surface area contributed by atoms with Crippen LogP contribution in [0.25, 0.3) is 0 Å².